The summed E-state index contributed by atoms with van der Waals surface area (Å²) in [4.78, 5) is 22.7. The molecule has 1 aliphatic heterocycles. The second kappa shape index (κ2) is 6.86. The quantitative estimate of drug-likeness (QED) is 0.476. The van der Waals surface area contributed by atoms with Gasteiger partial charge in [-0.15, -0.1) is 0 Å². The zero-order chi connectivity index (χ0) is 17.1. The number of benzene rings is 1. The number of allylic oxidation sites excluding steroid dienone is 1. The van der Waals surface area contributed by atoms with Crippen LogP contribution in [-0.2, 0) is 16.0 Å². The van der Waals surface area contributed by atoms with E-state index in [-0.39, 0.29) is 18.5 Å². The minimum Gasteiger partial charge on any atom is -0.481 e. The standard InChI is InChI=1S/C18H23NO4/c1-4-12-9-13(19)17-16(11(12)3)14(23-18(17)22)7-5-10(2)6-8-15(20)21/h5,9,14H,4,6-8,19H2,1-3H3,(H,20,21). The van der Waals surface area contributed by atoms with Crippen molar-refractivity contribution in [3.63, 3.8) is 0 Å². The summed E-state index contributed by atoms with van der Waals surface area (Å²) in [5, 5.41) is 8.72. The van der Waals surface area contributed by atoms with E-state index >= 15 is 0 Å². The van der Waals surface area contributed by atoms with Gasteiger partial charge in [0.25, 0.3) is 0 Å². The van der Waals surface area contributed by atoms with Crippen molar-refractivity contribution < 1.29 is 19.4 Å². The van der Waals surface area contributed by atoms with E-state index in [2.05, 4.69) is 6.92 Å². The van der Waals surface area contributed by atoms with Crippen molar-refractivity contribution in [1.29, 1.82) is 0 Å². The van der Waals surface area contributed by atoms with E-state index < -0.39 is 5.97 Å². The molecule has 2 rings (SSSR count). The monoisotopic (exact) mass is 317 g/mol. The van der Waals surface area contributed by atoms with Gasteiger partial charge in [0.05, 0.1) is 5.56 Å². The summed E-state index contributed by atoms with van der Waals surface area (Å²) in [5.74, 6) is -1.18. The predicted molar refractivity (Wildman–Crippen MR) is 88.4 cm³/mol. The van der Waals surface area contributed by atoms with E-state index in [0.717, 1.165) is 28.7 Å². The van der Waals surface area contributed by atoms with E-state index in [9.17, 15) is 9.59 Å². The smallest absolute Gasteiger partial charge is 0.341 e. The predicted octanol–water partition coefficient (Wildman–Crippen LogP) is 3.55. The van der Waals surface area contributed by atoms with Crippen molar-refractivity contribution in [3.8, 4) is 0 Å². The third-order valence-corrected chi connectivity index (χ3v) is 4.34. The summed E-state index contributed by atoms with van der Waals surface area (Å²) in [6.45, 7) is 5.94. The molecule has 1 atom stereocenters. The first-order valence-corrected chi connectivity index (χ1v) is 7.85. The highest BCUT2D eigenvalue weighted by atomic mass is 16.5. The van der Waals surface area contributed by atoms with E-state index in [4.69, 9.17) is 15.6 Å². The second-order valence-electron chi connectivity index (χ2n) is 5.97. The van der Waals surface area contributed by atoms with Gasteiger partial charge in [0, 0.05) is 24.1 Å². The highest BCUT2D eigenvalue weighted by Crippen LogP contribution is 2.40. The van der Waals surface area contributed by atoms with Crippen molar-refractivity contribution in [2.24, 2.45) is 0 Å². The number of anilines is 1. The zero-order valence-corrected chi connectivity index (χ0v) is 13.8. The number of ether oxygens (including phenoxy) is 1. The number of aryl methyl sites for hydroxylation is 1. The molecular weight excluding hydrogens is 294 g/mol. The van der Waals surface area contributed by atoms with Crippen LogP contribution < -0.4 is 5.73 Å². The van der Waals surface area contributed by atoms with E-state index in [1.54, 1.807) is 0 Å². The minimum absolute atomic E-state index is 0.106. The molecule has 0 bridgehead atoms. The lowest BCUT2D eigenvalue weighted by Gasteiger charge is -2.14. The Bertz CT molecular complexity index is 676. The highest BCUT2D eigenvalue weighted by molar-refractivity contribution is 6.00. The average Bonchev–Trinajstić information content (AvgIpc) is 2.84. The molecule has 0 saturated heterocycles. The van der Waals surface area contributed by atoms with Crippen LogP contribution in [0.1, 0.15) is 66.3 Å². The largest absolute Gasteiger partial charge is 0.481 e. The van der Waals surface area contributed by atoms with E-state index in [0.29, 0.717) is 24.1 Å². The maximum absolute atomic E-state index is 12.1. The fourth-order valence-electron chi connectivity index (χ4n) is 3.01. The third kappa shape index (κ3) is 3.55. The lowest BCUT2D eigenvalue weighted by atomic mass is 9.91. The summed E-state index contributed by atoms with van der Waals surface area (Å²) < 4.78 is 5.49. The van der Waals surface area contributed by atoms with Gasteiger partial charge in [0.1, 0.15) is 6.10 Å². The van der Waals surface area contributed by atoms with Crippen LogP contribution in [0.2, 0.25) is 0 Å². The Morgan fingerprint density at radius 1 is 1.43 bits per heavy atom. The molecular formula is C18H23NO4. The first-order valence-electron chi connectivity index (χ1n) is 7.85. The molecule has 5 heteroatoms. The van der Waals surface area contributed by atoms with Crippen LogP contribution >= 0.6 is 0 Å². The molecule has 124 valence electrons. The molecule has 1 aromatic rings. The van der Waals surface area contributed by atoms with Crippen LogP contribution in [0, 0.1) is 6.92 Å². The number of nitrogens with two attached hydrogens (primary N) is 1. The number of carboxylic acids is 1. The van der Waals surface area contributed by atoms with Crippen LogP contribution in [-0.4, -0.2) is 17.0 Å². The molecule has 1 aliphatic rings. The van der Waals surface area contributed by atoms with Gasteiger partial charge in [-0.05, 0) is 43.9 Å². The zero-order valence-electron chi connectivity index (χ0n) is 13.8. The molecule has 3 N–H and O–H groups in total. The summed E-state index contributed by atoms with van der Waals surface area (Å²) in [7, 11) is 0. The van der Waals surface area contributed by atoms with Gasteiger partial charge in [-0.25, -0.2) is 4.79 Å². The van der Waals surface area contributed by atoms with E-state index in [1.807, 2.05) is 26.0 Å². The molecule has 1 aromatic carbocycles. The van der Waals surface area contributed by atoms with Crippen molar-refractivity contribution in [2.45, 2.75) is 52.6 Å². The Kier molecular flexibility index (Phi) is 5.08. The van der Waals surface area contributed by atoms with Gasteiger partial charge in [0.15, 0.2) is 0 Å². The molecule has 0 aromatic heterocycles. The Labute approximate surface area is 136 Å². The molecule has 0 fully saturated rings. The van der Waals surface area contributed by atoms with Crippen molar-refractivity contribution >= 4 is 17.6 Å². The fraction of sp³-hybridized carbons (Fsp3) is 0.444. The number of esters is 1. The number of carbonyl (C=O) groups is 2. The van der Waals surface area contributed by atoms with Gasteiger partial charge >= 0.3 is 11.9 Å². The lowest BCUT2D eigenvalue weighted by molar-refractivity contribution is -0.136. The number of carbonyl (C=O) groups excluding carboxylic acids is 1. The Morgan fingerprint density at radius 3 is 2.74 bits per heavy atom. The molecule has 23 heavy (non-hydrogen) atoms. The second-order valence-corrected chi connectivity index (χ2v) is 5.97. The average molecular weight is 317 g/mol. The molecule has 0 amide bonds. The molecule has 0 aliphatic carbocycles. The number of rotatable bonds is 6. The van der Waals surface area contributed by atoms with Gasteiger partial charge in [0.2, 0.25) is 0 Å². The summed E-state index contributed by atoms with van der Waals surface area (Å²) in [6.07, 6.45) is 3.60. The van der Waals surface area contributed by atoms with E-state index in [1.165, 1.54) is 0 Å². The highest BCUT2D eigenvalue weighted by Gasteiger charge is 2.34. The van der Waals surface area contributed by atoms with Crippen molar-refractivity contribution in [1.82, 2.24) is 0 Å². The number of cyclic esters (lactones) is 1. The summed E-state index contributed by atoms with van der Waals surface area (Å²) in [6, 6.07) is 1.85. The fourth-order valence-corrected chi connectivity index (χ4v) is 3.01. The SMILES string of the molecule is CCc1cc(N)c2c(c1C)C(CC=C(C)CCC(=O)O)OC2=O. The van der Waals surface area contributed by atoms with Crippen LogP contribution in [0.4, 0.5) is 5.69 Å². The third-order valence-electron chi connectivity index (χ3n) is 4.34. The van der Waals surface area contributed by atoms with Crippen LogP contribution in [0.25, 0.3) is 0 Å². The maximum Gasteiger partial charge on any atom is 0.341 e. The number of fused-ring (bicyclic) bond motifs is 1. The maximum atomic E-state index is 12.1. The van der Waals surface area contributed by atoms with Crippen LogP contribution in [0.3, 0.4) is 0 Å². The van der Waals surface area contributed by atoms with Crippen molar-refractivity contribution in [2.75, 3.05) is 5.73 Å². The Balaban J connectivity index is 2.26. The Morgan fingerprint density at radius 2 is 2.13 bits per heavy atom. The number of nitrogen functional groups attached to an aromatic ring is 1. The van der Waals surface area contributed by atoms with Crippen LogP contribution in [0.5, 0.6) is 0 Å². The Hall–Kier alpha value is -2.30. The molecule has 0 radical (unpaired) electrons. The first kappa shape index (κ1) is 17.1. The van der Waals surface area contributed by atoms with Gasteiger partial charge in [-0.1, -0.05) is 18.6 Å². The topological polar surface area (TPSA) is 89.6 Å². The summed E-state index contributed by atoms with van der Waals surface area (Å²) in [5.41, 5.74) is 11.0. The normalized spacial score (nSPS) is 17.1. The van der Waals surface area contributed by atoms with Crippen molar-refractivity contribution in [3.05, 3.63) is 40.0 Å². The van der Waals surface area contributed by atoms with Gasteiger partial charge < -0.3 is 15.6 Å². The number of hydrogen-bond acceptors (Lipinski definition) is 4. The number of hydrogen-bond donors (Lipinski definition) is 2. The lowest BCUT2D eigenvalue weighted by Crippen LogP contribution is -2.04. The molecule has 1 heterocycles. The molecule has 1 unspecified atom stereocenters. The molecule has 5 nitrogen and oxygen atoms in total. The van der Waals surface area contributed by atoms with Gasteiger partial charge in [-0.2, -0.15) is 0 Å². The first-order chi connectivity index (χ1) is 10.8. The van der Waals surface area contributed by atoms with Gasteiger partial charge in [-0.3, -0.25) is 4.79 Å². The van der Waals surface area contributed by atoms with Crippen LogP contribution in [0.15, 0.2) is 17.7 Å². The minimum atomic E-state index is -0.813. The molecule has 0 spiro atoms. The number of aliphatic carboxylic acids is 1. The number of carboxylic acid groups (broad SMARTS) is 1. The molecule has 0 saturated carbocycles. The summed E-state index contributed by atoms with van der Waals surface area (Å²) >= 11 is 0.